The zero-order valence-corrected chi connectivity index (χ0v) is 10.9. The van der Waals surface area contributed by atoms with Crippen LogP contribution < -0.4 is 11.1 Å². The molecule has 0 aliphatic heterocycles. The molecule has 3 nitrogen and oxygen atoms in total. The normalized spacial score (nSPS) is 23.9. The van der Waals surface area contributed by atoms with Gasteiger partial charge in [0.2, 0.25) is 0 Å². The van der Waals surface area contributed by atoms with E-state index in [0.29, 0.717) is 24.0 Å². The maximum absolute atomic E-state index is 5.86. The Kier molecular flexibility index (Phi) is 3.57. The topological polar surface area (TPSA) is 50.4 Å². The van der Waals surface area contributed by atoms with Crippen molar-refractivity contribution >= 4 is 17.6 Å². The number of nitrogens with zero attached hydrogens (tertiary/aromatic N) is 1. The Hall–Kier alpha value is -1.22. The number of guanidine groups is 1. The minimum Gasteiger partial charge on any atom is -0.370 e. The maximum Gasteiger partial charge on any atom is 0.189 e. The predicted molar refractivity (Wildman–Crippen MR) is 72.5 cm³/mol. The largest absolute Gasteiger partial charge is 0.370 e. The SMILES string of the molecule is CC(C)NC(N)=N[C@@H]1C[C@H]1c1ccc(Cl)cc1. The third-order valence-electron chi connectivity index (χ3n) is 2.80. The molecular formula is C13H18ClN3. The van der Waals surface area contributed by atoms with E-state index in [9.17, 15) is 0 Å². The van der Waals surface area contributed by atoms with Crippen LogP contribution in [0.5, 0.6) is 0 Å². The van der Waals surface area contributed by atoms with Crippen molar-refractivity contribution < 1.29 is 0 Å². The number of aliphatic imine (C=N–C) groups is 1. The van der Waals surface area contributed by atoms with E-state index in [4.69, 9.17) is 17.3 Å². The highest BCUT2D eigenvalue weighted by Gasteiger charge is 2.38. The van der Waals surface area contributed by atoms with Crippen molar-refractivity contribution in [2.24, 2.45) is 10.7 Å². The Morgan fingerprint density at radius 2 is 2.06 bits per heavy atom. The number of halogens is 1. The second-order valence-corrected chi connectivity index (χ2v) is 5.21. The highest BCUT2D eigenvalue weighted by atomic mass is 35.5. The smallest absolute Gasteiger partial charge is 0.189 e. The summed E-state index contributed by atoms with van der Waals surface area (Å²) in [6, 6.07) is 8.62. The molecular weight excluding hydrogens is 234 g/mol. The Morgan fingerprint density at radius 1 is 1.41 bits per heavy atom. The van der Waals surface area contributed by atoms with Crippen molar-refractivity contribution in [3.63, 3.8) is 0 Å². The van der Waals surface area contributed by atoms with Gasteiger partial charge in [0, 0.05) is 17.0 Å². The third kappa shape index (κ3) is 3.37. The van der Waals surface area contributed by atoms with Gasteiger partial charge in [-0.2, -0.15) is 0 Å². The molecule has 0 spiro atoms. The van der Waals surface area contributed by atoms with Crippen LogP contribution in [0.25, 0.3) is 0 Å². The number of nitrogens with two attached hydrogens (primary N) is 1. The van der Waals surface area contributed by atoms with Crippen molar-refractivity contribution in [3.05, 3.63) is 34.9 Å². The van der Waals surface area contributed by atoms with Crippen molar-refractivity contribution in [1.29, 1.82) is 0 Å². The van der Waals surface area contributed by atoms with Gasteiger partial charge in [-0.3, -0.25) is 0 Å². The molecule has 1 aliphatic rings. The van der Waals surface area contributed by atoms with Crippen LogP contribution in [-0.2, 0) is 0 Å². The molecule has 0 bridgehead atoms. The standard InChI is InChI=1S/C13H18ClN3/c1-8(2)16-13(15)17-12-7-11(12)9-3-5-10(14)6-4-9/h3-6,8,11-12H,7H2,1-2H3,(H3,15,16,17)/t11-,12+/m0/s1. The summed E-state index contributed by atoms with van der Waals surface area (Å²) >= 11 is 5.86. The zero-order chi connectivity index (χ0) is 12.4. The lowest BCUT2D eigenvalue weighted by Gasteiger charge is -2.08. The average molecular weight is 252 g/mol. The van der Waals surface area contributed by atoms with Crippen LogP contribution in [0.4, 0.5) is 0 Å². The van der Waals surface area contributed by atoms with Crippen LogP contribution in [0.1, 0.15) is 31.7 Å². The second-order valence-electron chi connectivity index (χ2n) is 4.77. The van der Waals surface area contributed by atoms with E-state index in [1.165, 1.54) is 5.56 Å². The van der Waals surface area contributed by atoms with Gasteiger partial charge in [-0.15, -0.1) is 0 Å². The molecule has 1 fully saturated rings. The minimum absolute atomic E-state index is 0.322. The average Bonchev–Trinajstić information content (AvgIpc) is 2.96. The number of hydrogen-bond donors (Lipinski definition) is 2. The Morgan fingerprint density at radius 3 is 2.65 bits per heavy atom. The van der Waals surface area contributed by atoms with Crippen LogP contribution in [0.3, 0.4) is 0 Å². The first-order valence-corrected chi connectivity index (χ1v) is 6.29. The van der Waals surface area contributed by atoms with Gasteiger partial charge in [-0.05, 0) is 38.0 Å². The highest BCUT2D eigenvalue weighted by Crippen LogP contribution is 2.43. The van der Waals surface area contributed by atoms with Gasteiger partial charge in [0.1, 0.15) is 0 Å². The van der Waals surface area contributed by atoms with Gasteiger partial charge >= 0.3 is 0 Å². The van der Waals surface area contributed by atoms with Crippen LogP contribution in [0, 0.1) is 0 Å². The second kappa shape index (κ2) is 4.96. The lowest BCUT2D eigenvalue weighted by Crippen LogP contribution is -2.37. The predicted octanol–water partition coefficient (Wildman–Crippen LogP) is 2.51. The Labute approximate surface area is 107 Å². The lowest BCUT2D eigenvalue weighted by atomic mass is 10.1. The van der Waals surface area contributed by atoms with Gasteiger partial charge in [-0.1, -0.05) is 23.7 Å². The maximum atomic E-state index is 5.86. The molecule has 1 aliphatic carbocycles. The molecule has 1 aromatic carbocycles. The number of benzene rings is 1. The van der Waals surface area contributed by atoms with Crippen molar-refractivity contribution in [2.75, 3.05) is 0 Å². The fourth-order valence-corrected chi connectivity index (χ4v) is 2.03. The summed E-state index contributed by atoms with van der Waals surface area (Å²) < 4.78 is 0. The molecule has 2 rings (SSSR count). The summed E-state index contributed by atoms with van der Waals surface area (Å²) in [5, 5.41) is 3.88. The summed E-state index contributed by atoms with van der Waals surface area (Å²) in [7, 11) is 0. The summed E-state index contributed by atoms with van der Waals surface area (Å²) in [5.41, 5.74) is 7.09. The molecule has 1 saturated carbocycles. The third-order valence-corrected chi connectivity index (χ3v) is 3.05. The quantitative estimate of drug-likeness (QED) is 0.641. The Balaban J connectivity index is 1.94. The lowest BCUT2D eigenvalue weighted by molar-refractivity contribution is 0.722. The molecule has 0 aromatic heterocycles. The monoisotopic (exact) mass is 251 g/mol. The summed E-state index contributed by atoms with van der Waals surface area (Å²) in [4.78, 5) is 4.46. The first-order chi connectivity index (χ1) is 8.06. The first-order valence-electron chi connectivity index (χ1n) is 5.91. The molecule has 92 valence electrons. The zero-order valence-electron chi connectivity index (χ0n) is 10.2. The molecule has 0 amide bonds. The van der Waals surface area contributed by atoms with E-state index in [2.05, 4.69) is 22.4 Å². The summed E-state index contributed by atoms with van der Waals surface area (Å²) in [6.45, 7) is 4.10. The van der Waals surface area contributed by atoms with Crippen molar-refractivity contribution in [3.8, 4) is 0 Å². The van der Waals surface area contributed by atoms with E-state index in [1.807, 2.05) is 26.0 Å². The molecule has 2 atom stereocenters. The van der Waals surface area contributed by atoms with Gasteiger partial charge in [-0.25, -0.2) is 4.99 Å². The van der Waals surface area contributed by atoms with Crippen molar-refractivity contribution in [1.82, 2.24) is 5.32 Å². The molecule has 3 N–H and O–H groups in total. The summed E-state index contributed by atoms with van der Waals surface area (Å²) in [5.74, 6) is 1.04. The van der Waals surface area contributed by atoms with E-state index < -0.39 is 0 Å². The molecule has 0 heterocycles. The molecule has 0 saturated heterocycles. The minimum atomic E-state index is 0.322. The molecule has 0 unspecified atom stereocenters. The number of hydrogen-bond acceptors (Lipinski definition) is 1. The first kappa shape index (κ1) is 12.2. The van der Waals surface area contributed by atoms with Crippen LogP contribution in [0.2, 0.25) is 5.02 Å². The van der Waals surface area contributed by atoms with Gasteiger partial charge < -0.3 is 11.1 Å². The number of rotatable bonds is 3. The van der Waals surface area contributed by atoms with Gasteiger partial charge in [0.25, 0.3) is 0 Å². The van der Waals surface area contributed by atoms with E-state index in [-0.39, 0.29) is 0 Å². The van der Waals surface area contributed by atoms with Crippen LogP contribution in [-0.4, -0.2) is 18.0 Å². The van der Waals surface area contributed by atoms with E-state index in [1.54, 1.807) is 0 Å². The fraction of sp³-hybridized carbons (Fsp3) is 0.462. The molecule has 17 heavy (non-hydrogen) atoms. The van der Waals surface area contributed by atoms with Crippen molar-refractivity contribution in [2.45, 2.75) is 38.3 Å². The van der Waals surface area contributed by atoms with Gasteiger partial charge in [0.15, 0.2) is 5.96 Å². The van der Waals surface area contributed by atoms with Gasteiger partial charge in [0.05, 0.1) is 6.04 Å². The highest BCUT2D eigenvalue weighted by molar-refractivity contribution is 6.30. The fourth-order valence-electron chi connectivity index (χ4n) is 1.90. The Bertz CT molecular complexity index is 411. The molecule has 1 aromatic rings. The number of nitrogens with one attached hydrogen (secondary N) is 1. The van der Waals surface area contributed by atoms with E-state index in [0.717, 1.165) is 11.4 Å². The molecule has 4 heteroatoms. The molecule has 0 radical (unpaired) electrons. The van der Waals surface area contributed by atoms with Crippen LogP contribution >= 0.6 is 11.6 Å². The van der Waals surface area contributed by atoms with E-state index >= 15 is 0 Å². The van der Waals surface area contributed by atoms with Crippen LogP contribution in [0.15, 0.2) is 29.3 Å². The summed E-state index contributed by atoms with van der Waals surface area (Å²) in [6.07, 6.45) is 1.07.